The zero-order chi connectivity index (χ0) is 19.4. The molecule has 0 saturated heterocycles. The number of rotatable bonds is 8. The van der Waals surface area contributed by atoms with Crippen LogP contribution in [0.1, 0.15) is 51.0 Å². The summed E-state index contributed by atoms with van der Waals surface area (Å²) in [5.41, 5.74) is 6.97. The Balaban J connectivity index is 1.77. The van der Waals surface area contributed by atoms with Gasteiger partial charge in [-0.05, 0) is 37.5 Å². The van der Waals surface area contributed by atoms with E-state index in [4.69, 9.17) is 22.3 Å². The minimum absolute atomic E-state index is 0.0372. The Hall–Kier alpha value is -1.89. The maximum Gasteiger partial charge on any atom is 0.241 e. The van der Waals surface area contributed by atoms with Crippen LogP contribution in [0.15, 0.2) is 35.3 Å². The van der Waals surface area contributed by atoms with E-state index in [2.05, 4.69) is 12.2 Å². The fourth-order valence-electron chi connectivity index (χ4n) is 3.05. The number of aliphatic hydroxyl groups excluding tert-OH is 1. The van der Waals surface area contributed by atoms with Crippen LogP contribution in [0.25, 0.3) is 5.70 Å². The van der Waals surface area contributed by atoms with Crippen LogP contribution < -0.4 is 11.1 Å². The van der Waals surface area contributed by atoms with E-state index in [1.807, 2.05) is 12.1 Å². The van der Waals surface area contributed by atoms with Crippen molar-refractivity contribution in [1.29, 1.82) is 0 Å². The van der Waals surface area contributed by atoms with Crippen LogP contribution in [0.4, 0.5) is 0 Å². The number of amidine groups is 1. The van der Waals surface area contributed by atoms with Crippen molar-refractivity contribution in [3.63, 3.8) is 0 Å². The first-order chi connectivity index (χ1) is 12.9. The van der Waals surface area contributed by atoms with E-state index in [0.717, 1.165) is 43.5 Å². The molecule has 1 unspecified atom stereocenters. The number of hydrogen-bond donors (Lipinski definition) is 3. The van der Waals surface area contributed by atoms with Gasteiger partial charge in [-0.2, -0.15) is 0 Å². The Bertz CT molecular complexity index is 741. The van der Waals surface area contributed by atoms with Crippen LogP contribution in [0.3, 0.4) is 0 Å². The maximum absolute atomic E-state index is 12.3. The number of amides is 1. The number of benzene rings is 1. The summed E-state index contributed by atoms with van der Waals surface area (Å²) in [4.78, 5) is 18.7. The third-order valence-electron chi connectivity index (χ3n) is 4.84. The van der Waals surface area contributed by atoms with Crippen LogP contribution in [-0.4, -0.2) is 40.2 Å². The molecule has 1 aliphatic heterocycles. The summed E-state index contributed by atoms with van der Waals surface area (Å²) < 4.78 is 0. The first-order valence-electron chi connectivity index (χ1n) is 9.50. The number of nitrogens with one attached hydrogen (secondary N) is 1. The molecule has 1 aliphatic carbocycles. The number of carbonyl (C=O) groups excluding carboxylic acids is 1. The van der Waals surface area contributed by atoms with Gasteiger partial charge in [0.25, 0.3) is 0 Å². The van der Waals surface area contributed by atoms with Crippen molar-refractivity contribution in [2.75, 3.05) is 6.54 Å². The molecular formula is C20H27ClN4O2. The summed E-state index contributed by atoms with van der Waals surface area (Å²) in [5.74, 6) is 0.529. The van der Waals surface area contributed by atoms with Gasteiger partial charge in [-0.3, -0.25) is 4.79 Å². The Labute approximate surface area is 165 Å². The molecule has 0 spiro atoms. The van der Waals surface area contributed by atoms with Crippen molar-refractivity contribution in [3.05, 3.63) is 40.9 Å². The minimum atomic E-state index is -0.913. The average Bonchev–Trinajstić information content (AvgIpc) is 3.35. The molecule has 1 aromatic carbocycles. The van der Waals surface area contributed by atoms with Crippen molar-refractivity contribution >= 4 is 29.0 Å². The summed E-state index contributed by atoms with van der Waals surface area (Å²) in [5, 5.41) is 14.2. The third kappa shape index (κ3) is 5.31. The predicted octanol–water partition coefficient (Wildman–Crippen LogP) is 2.86. The standard InChI is InChI=1S/C20H27ClN4O2/c1-2-3-4-5-17-23-16(14-6-8-15(21)9-7-14)12-19(27)25(17)13-18(26)24-20(22)10-11-20/h6-9,12,19,27H,2-5,10-11,13,22H2,1H3,(H,24,26). The monoisotopic (exact) mass is 390 g/mol. The second-order valence-electron chi connectivity index (χ2n) is 7.29. The summed E-state index contributed by atoms with van der Waals surface area (Å²) in [6, 6.07) is 7.35. The minimum Gasteiger partial charge on any atom is -0.370 e. The highest BCUT2D eigenvalue weighted by molar-refractivity contribution is 6.30. The number of nitrogens with zero attached hydrogens (tertiary/aromatic N) is 2. The van der Waals surface area contributed by atoms with Gasteiger partial charge in [-0.15, -0.1) is 0 Å². The molecule has 27 heavy (non-hydrogen) atoms. The molecule has 1 saturated carbocycles. The Kier molecular flexibility index (Phi) is 6.19. The lowest BCUT2D eigenvalue weighted by atomic mass is 10.1. The average molecular weight is 391 g/mol. The number of unbranched alkanes of at least 4 members (excludes halogenated alkanes) is 2. The van der Waals surface area contributed by atoms with Crippen molar-refractivity contribution in [2.24, 2.45) is 10.7 Å². The molecule has 4 N–H and O–H groups in total. The van der Waals surface area contributed by atoms with Gasteiger partial charge in [-0.1, -0.05) is 43.5 Å². The Morgan fingerprint density at radius 2 is 2.07 bits per heavy atom. The topological polar surface area (TPSA) is 91.0 Å². The first-order valence-corrected chi connectivity index (χ1v) is 9.88. The fourth-order valence-corrected chi connectivity index (χ4v) is 3.18. The van der Waals surface area contributed by atoms with E-state index in [1.165, 1.54) is 0 Å². The molecule has 3 rings (SSSR count). The van der Waals surface area contributed by atoms with Crippen molar-refractivity contribution in [1.82, 2.24) is 10.2 Å². The normalized spacial score (nSPS) is 20.7. The zero-order valence-corrected chi connectivity index (χ0v) is 16.4. The van der Waals surface area contributed by atoms with Gasteiger partial charge in [0.1, 0.15) is 18.6 Å². The van der Waals surface area contributed by atoms with Gasteiger partial charge in [-0.25, -0.2) is 4.99 Å². The summed E-state index contributed by atoms with van der Waals surface area (Å²) in [6.07, 6.45) is 6.15. The fraction of sp³-hybridized carbons (Fsp3) is 0.500. The molecule has 7 heteroatoms. The van der Waals surface area contributed by atoms with Crippen LogP contribution in [0.2, 0.25) is 5.02 Å². The SMILES string of the molecule is CCCCCC1=NC(c2ccc(Cl)cc2)=CC(O)N1CC(=O)NC1(N)CC1. The smallest absolute Gasteiger partial charge is 0.241 e. The van der Waals surface area contributed by atoms with Gasteiger partial charge in [0.05, 0.1) is 11.4 Å². The van der Waals surface area contributed by atoms with Gasteiger partial charge in [0.2, 0.25) is 5.91 Å². The summed E-state index contributed by atoms with van der Waals surface area (Å²) >= 11 is 5.96. The summed E-state index contributed by atoms with van der Waals surface area (Å²) in [6.45, 7) is 2.17. The van der Waals surface area contributed by atoms with E-state index < -0.39 is 11.9 Å². The van der Waals surface area contributed by atoms with E-state index in [1.54, 1.807) is 23.1 Å². The van der Waals surface area contributed by atoms with Crippen LogP contribution in [0, 0.1) is 0 Å². The van der Waals surface area contributed by atoms with Gasteiger partial charge in [0, 0.05) is 17.0 Å². The highest BCUT2D eigenvalue weighted by Crippen LogP contribution is 2.29. The second kappa shape index (κ2) is 8.42. The van der Waals surface area contributed by atoms with Crippen molar-refractivity contribution in [3.8, 4) is 0 Å². The van der Waals surface area contributed by atoms with Crippen LogP contribution in [-0.2, 0) is 4.79 Å². The molecule has 6 nitrogen and oxygen atoms in total. The number of carbonyl (C=O) groups is 1. The molecule has 1 fully saturated rings. The first kappa shape index (κ1) is 19.9. The second-order valence-corrected chi connectivity index (χ2v) is 7.73. The van der Waals surface area contributed by atoms with Crippen LogP contribution >= 0.6 is 11.6 Å². The largest absolute Gasteiger partial charge is 0.370 e. The molecule has 1 heterocycles. The molecule has 0 bridgehead atoms. The van der Waals surface area contributed by atoms with Crippen molar-refractivity contribution in [2.45, 2.75) is 57.3 Å². The number of aliphatic imine (C=N–C) groups is 1. The molecule has 2 aliphatic rings. The lowest BCUT2D eigenvalue weighted by Crippen LogP contribution is -2.51. The number of nitrogens with two attached hydrogens (primary N) is 1. The number of halogens is 1. The van der Waals surface area contributed by atoms with Gasteiger partial charge in [0.15, 0.2) is 0 Å². The predicted molar refractivity (Wildman–Crippen MR) is 108 cm³/mol. The summed E-state index contributed by atoms with van der Waals surface area (Å²) in [7, 11) is 0. The van der Waals surface area contributed by atoms with E-state index in [9.17, 15) is 9.90 Å². The highest BCUT2D eigenvalue weighted by atomic mass is 35.5. The number of hydrogen-bond acceptors (Lipinski definition) is 5. The molecule has 146 valence electrons. The Morgan fingerprint density at radius 3 is 2.70 bits per heavy atom. The Morgan fingerprint density at radius 1 is 1.37 bits per heavy atom. The van der Waals surface area contributed by atoms with Crippen molar-refractivity contribution < 1.29 is 9.90 Å². The third-order valence-corrected chi connectivity index (χ3v) is 5.09. The quantitative estimate of drug-likeness (QED) is 0.470. The molecule has 1 amide bonds. The van der Waals surface area contributed by atoms with Gasteiger partial charge < -0.3 is 21.1 Å². The molecule has 1 atom stereocenters. The van der Waals surface area contributed by atoms with Gasteiger partial charge >= 0.3 is 0 Å². The van der Waals surface area contributed by atoms with Crippen LogP contribution in [0.5, 0.6) is 0 Å². The number of aliphatic hydroxyl groups is 1. The lowest BCUT2D eigenvalue weighted by molar-refractivity contribution is -0.123. The molecule has 0 radical (unpaired) electrons. The zero-order valence-electron chi connectivity index (χ0n) is 15.6. The maximum atomic E-state index is 12.3. The highest BCUT2D eigenvalue weighted by Gasteiger charge is 2.40. The van der Waals surface area contributed by atoms with E-state index >= 15 is 0 Å². The lowest BCUT2D eigenvalue weighted by Gasteiger charge is -2.33. The molecular weight excluding hydrogens is 364 g/mol. The molecule has 0 aromatic heterocycles. The van der Waals surface area contributed by atoms with E-state index in [0.29, 0.717) is 17.1 Å². The van der Waals surface area contributed by atoms with E-state index in [-0.39, 0.29) is 12.5 Å². The molecule has 1 aromatic rings.